The fraction of sp³-hybridized carbons (Fsp3) is 0.222. The molecule has 142 valence electrons. The van der Waals surface area contributed by atoms with Crippen LogP contribution in [-0.2, 0) is 4.74 Å². The monoisotopic (exact) mass is 379 g/mol. The van der Waals surface area contributed by atoms with Crippen LogP contribution in [0.4, 0.5) is 34.1 Å². The molecule has 0 saturated carbocycles. The molecule has 2 aromatic rings. The minimum Gasteiger partial charge on any atom is -0.447 e. The Morgan fingerprint density at radius 1 is 1.11 bits per heavy atom. The lowest BCUT2D eigenvalue weighted by Gasteiger charge is -2.17. The summed E-state index contributed by atoms with van der Waals surface area (Å²) in [5.74, 6) is -4.47. The molecule has 0 aromatic heterocycles. The summed E-state index contributed by atoms with van der Waals surface area (Å²) in [6, 6.07) is 7.30. The summed E-state index contributed by atoms with van der Waals surface area (Å²) >= 11 is 0. The van der Waals surface area contributed by atoms with E-state index in [0.29, 0.717) is 18.8 Å². The van der Waals surface area contributed by atoms with Crippen molar-refractivity contribution in [1.29, 1.82) is 0 Å². The van der Waals surface area contributed by atoms with Gasteiger partial charge in [0.15, 0.2) is 17.5 Å². The number of ether oxygens (including phenoxy) is 1. The van der Waals surface area contributed by atoms with Gasteiger partial charge < -0.3 is 15.4 Å². The molecule has 27 heavy (non-hydrogen) atoms. The molecular weight excluding hydrogens is 363 g/mol. The zero-order chi connectivity index (χ0) is 19.6. The Labute approximate surface area is 152 Å². The van der Waals surface area contributed by atoms with E-state index >= 15 is 0 Å². The highest BCUT2D eigenvalue weighted by molar-refractivity contribution is 5.90. The molecule has 0 bridgehead atoms. The van der Waals surface area contributed by atoms with Crippen molar-refractivity contribution in [2.75, 3.05) is 23.4 Å². The Morgan fingerprint density at radius 3 is 2.44 bits per heavy atom. The molecule has 1 saturated heterocycles. The maximum absolute atomic E-state index is 13.6. The van der Waals surface area contributed by atoms with Crippen molar-refractivity contribution in [3.8, 4) is 0 Å². The van der Waals surface area contributed by atoms with Crippen LogP contribution < -0.4 is 15.5 Å². The molecule has 2 N–H and O–H groups in total. The first-order valence-corrected chi connectivity index (χ1v) is 8.12. The van der Waals surface area contributed by atoms with Gasteiger partial charge in [-0.2, -0.15) is 0 Å². The van der Waals surface area contributed by atoms with Gasteiger partial charge in [-0.05, 0) is 36.8 Å². The summed E-state index contributed by atoms with van der Waals surface area (Å²) in [4.78, 5) is 25.0. The molecule has 1 atom stereocenters. The number of cyclic esters (lactones) is 1. The Balaban J connectivity index is 1.63. The van der Waals surface area contributed by atoms with E-state index in [9.17, 15) is 22.8 Å². The largest absolute Gasteiger partial charge is 0.447 e. The second-order valence-corrected chi connectivity index (χ2v) is 5.90. The third-order valence-corrected chi connectivity index (χ3v) is 4.10. The van der Waals surface area contributed by atoms with Crippen LogP contribution in [0, 0.1) is 17.5 Å². The number of hydrogen-bond donors (Lipinski definition) is 2. The van der Waals surface area contributed by atoms with Gasteiger partial charge in [0.05, 0.1) is 18.3 Å². The molecule has 0 spiro atoms. The molecule has 1 heterocycles. The Bertz CT molecular complexity index is 874. The molecule has 3 amide bonds. The van der Waals surface area contributed by atoms with Gasteiger partial charge in [0, 0.05) is 5.69 Å². The number of halogens is 3. The molecule has 2 aromatic carbocycles. The van der Waals surface area contributed by atoms with E-state index in [1.54, 1.807) is 31.2 Å². The predicted octanol–water partition coefficient (Wildman–Crippen LogP) is 3.94. The number of nitrogens with one attached hydrogen (secondary N) is 2. The summed E-state index contributed by atoms with van der Waals surface area (Å²) in [6.45, 7) is 2.49. The lowest BCUT2D eigenvalue weighted by atomic mass is 10.1. The molecule has 9 heteroatoms. The summed E-state index contributed by atoms with van der Waals surface area (Å²) < 4.78 is 44.6. The van der Waals surface area contributed by atoms with Crippen LogP contribution in [0.15, 0.2) is 36.4 Å². The number of benzene rings is 2. The molecular formula is C18H16F3N3O3. The fourth-order valence-corrected chi connectivity index (χ4v) is 2.63. The van der Waals surface area contributed by atoms with Gasteiger partial charge in [0.2, 0.25) is 0 Å². The van der Waals surface area contributed by atoms with Gasteiger partial charge >= 0.3 is 12.1 Å². The molecule has 1 aliphatic rings. The zero-order valence-corrected chi connectivity index (χ0v) is 14.3. The molecule has 6 nitrogen and oxygen atoms in total. The highest BCUT2D eigenvalue weighted by Gasteiger charge is 2.23. The third kappa shape index (κ3) is 3.97. The smallest absolute Gasteiger partial charge is 0.414 e. The molecule has 3 rings (SSSR count). The van der Waals surface area contributed by atoms with Crippen LogP contribution >= 0.6 is 0 Å². The van der Waals surface area contributed by atoms with Crippen LogP contribution in [0.25, 0.3) is 0 Å². The lowest BCUT2D eigenvalue weighted by Crippen LogP contribution is -2.31. The second kappa shape index (κ2) is 7.56. The first-order valence-electron chi connectivity index (χ1n) is 8.12. The quantitative estimate of drug-likeness (QED) is 0.791. The van der Waals surface area contributed by atoms with Crippen LogP contribution in [0.2, 0.25) is 0 Å². The third-order valence-electron chi connectivity index (χ3n) is 4.10. The van der Waals surface area contributed by atoms with E-state index in [-0.39, 0.29) is 0 Å². The van der Waals surface area contributed by atoms with Crippen molar-refractivity contribution in [2.45, 2.75) is 13.0 Å². The molecule has 0 aliphatic carbocycles. The van der Waals surface area contributed by atoms with Gasteiger partial charge in [-0.15, -0.1) is 0 Å². The average molecular weight is 379 g/mol. The number of rotatable bonds is 4. The predicted molar refractivity (Wildman–Crippen MR) is 92.0 cm³/mol. The summed E-state index contributed by atoms with van der Waals surface area (Å²) in [5, 5.41) is 4.71. The van der Waals surface area contributed by atoms with Crippen LogP contribution in [0.1, 0.15) is 18.5 Å². The summed E-state index contributed by atoms with van der Waals surface area (Å²) in [6.07, 6.45) is -0.415. The number of hydrogen-bond acceptors (Lipinski definition) is 3. The zero-order valence-electron chi connectivity index (χ0n) is 14.3. The molecule has 1 fully saturated rings. The fourth-order valence-electron chi connectivity index (χ4n) is 2.63. The molecule has 0 radical (unpaired) electrons. The first-order chi connectivity index (χ1) is 12.9. The standard InChI is InChI=1S/C18H16F3N3O3/c1-10(11-2-4-12(5-3-11)24-8-9-27-18(24)26)22-17(25)23-14-7-6-13(19)15(20)16(14)21/h2-7,10H,8-9H2,1H3,(H2,22,23,25). The number of anilines is 2. The van der Waals surface area contributed by atoms with E-state index in [2.05, 4.69) is 10.6 Å². The van der Waals surface area contributed by atoms with Crippen molar-refractivity contribution >= 4 is 23.5 Å². The maximum atomic E-state index is 13.6. The maximum Gasteiger partial charge on any atom is 0.414 e. The van der Waals surface area contributed by atoms with Crippen molar-refractivity contribution in [3.63, 3.8) is 0 Å². The summed E-state index contributed by atoms with van der Waals surface area (Å²) in [5.41, 5.74) is 0.926. The van der Waals surface area contributed by atoms with E-state index in [0.717, 1.165) is 17.7 Å². The van der Waals surface area contributed by atoms with Crippen molar-refractivity contribution in [2.24, 2.45) is 0 Å². The SMILES string of the molecule is CC(NC(=O)Nc1ccc(F)c(F)c1F)c1ccc(N2CCOC2=O)cc1. The Kier molecular flexibility index (Phi) is 5.20. The van der Waals surface area contributed by atoms with Gasteiger partial charge in [0.25, 0.3) is 0 Å². The highest BCUT2D eigenvalue weighted by atomic mass is 19.2. The van der Waals surface area contributed by atoms with E-state index in [4.69, 9.17) is 4.74 Å². The van der Waals surface area contributed by atoms with E-state index < -0.39 is 41.3 Å². The Morgan fingerprint density at radius 2 is 1.81 bits per heavy atom. The van der Waals surface area contributed by atoms with E-state index in [1.807, 2.05) is 0 Å². The Hall–Kier alpha value is -3.23. The van der Waals surface area contributed by atoms with E-state index in [1.165, 1.54) is 4.90 Å². The van der Waals surface area contributed by atoms with Crippen LogP contribution in [0.3, 0.4) is 0 Å². The molecule has 1 unspecified atom stereocenters. The second-order valence-electron chi connectivity index (χ2n) is 5.90. The normalized spacial score (nSPS) is 14.7. The van der Waals surface area contributed by atoms with Gasteiger partial charge in [-0.25, -0.2) is 22.8 Å². The van der Waals surface area contributed by atoms with Gasteiger partial charge in [0.1, 0.15) is 6.61 Å². The average Bonchev–Trinajstić information content (AvgIpc) is 3.08. The minimum absolute atomic E-state index is 0.333. The number of amides is 3. The first kappa shape index (κ1) is 18.6. The van der Waals surface area contributed by atoms with Crippen LogP contribution in [-0.4, -0.2) is 25.3 Å². The summed E-state index contributed by atoms with van der Waals surface area (Å²) in [7, 11) is 0. The molecule has 1 aliphatic heterocycles. The number of urea groups is 1. The number of carbonyl (C=O) groups excluding carboxylic acids is 2. The van der Waals surface area contributed by atoms with Crippen LogP contribution in [0.5, 0.6) is 0 Å². The van der Waals surface area contributed by atoms with Gasteiger partial charge in [-0.3, -0.25) is 4.90 Å². The van der Waals surface area contributed by atoms with Crippen molar-refractivity contribution in [1.82, 2.24) is 5.32 Å². The topological polar surface area (TPSA) is 70.7 Å². The minimum atomic E-state index is -1.66. The lowest BCUT2D eigenvalue weighted by molar-refractivity contribution is 0.181. The number of nitrogens with zero attached hydrogens (tertiary/aromatic N) is 1. The van der Waals surface area contributed by atoms with Gasteiger partial charge in [-0.1, -0.05) is 12.1 Å². The van der Waals surface area contributed by atoms with Crippen molar-refractivity contribution in [3.05, 3.63) is 59.4 Å². The number of carbonyl (C=O) groups is 2. The van der Waals surface area contributed by atoms with Crippen molar-refractivity contribution < 1.29 is 27.5 Å². The highest BCUT2D eigenvalue weighted by Crippen LogP contribution is 2.23.